The molecule has 0 saturated carbocycles. The number of halogens is 1. The number of hydrogen-bond acceptors (Lipinski definition) is 4. The molecule has 1 aromatic carbocycles. The summed E-state index contributed by atoms with van der Waals surface area (Å²) in [5.74, 6) is -0.468. The maximum atomic E-state index is 11.8. The topological polar surface area (TPSA) is 72.5 Å². The Balaban J connectivity index is 2.78. The number of esters is 1. The highest BCUT2D eigenvalue weighted by Gasteiger charge is 2.25. The lowest BCUT2D eigenvalue weighted by molar-refractivity contribution is -0.142. The molecule has 1 rings (SSSR count). The number of hydrogen-bond donors (Lipinski definition) is 1. The third-order valence-corrected chi connectivity index (χ3v) is 4.37. The molecule has 0 aromatic heterocycles. The number of ether oxygens (including phenoxy) is 1. The standard InChI is InChI=1S/C13H18ClNO4S/c1-19-13(16)12(10-11-6-3-2-4-7-11)15-20(17,18)9-5-8-14/h2-4,6-7,12,15H,5,8-10H2,1H3. The minimum absolute atomic E-state index is 0.112. The molecule has 0 radical (unpaired) electrons. The Kier molecular flexibility index (Phi) is 6.98. The van der Waals surface area contributed by atoms with Crippen LogP contribution >= 0.6 is 11.6 Å². The summed E-state index contributed by atoms with van der Waals surface area (Å²) in [6, 6.07) is 8.22. The van der Waals surface area contributed by atoms with Crippen LogP contribution in [0.25, 0.3) is 0 Å². The second-order valence-electron chi connectivity index (χ2n) is 4.24. The van der Waals surface area contributed by atoms with Crippen molar-refractivity contribution in [2.45, 2.75) is 18.9 Å². The van der Waals surface area contributed by atoms with Crippen molar-refractivity contribution in [1.82, 2.24) is 4.72 Å². The number of benzene rings is 1. The Morgan fingerprint density at radius 2 is 2.00 bits per heavy atom. The molecule has 20 heavy (non-hydrogen) atoms. The van der Waals surface area contributed by atoms with Gasteiger partial charge in [0.25, 0.3) is 0 Å². The Hall–Kier alpha value is -1.11. The van der Waals surface area contributed by atoms with E-state index in [2.05, 4.69) is 9.46 Å². The van der Waals surface area contributed by atoms with Gasteiger partial charge in [-0.25, -0.2) is 13.1 Å². The highest BCUT2D eigenvalue weighted by molar-refractivity contribution is 7.89. The first-order valence-corrected chi connectivity index (χ1v) is 8.35. The highest BCUT2D eigenvalue weighted by Crippen LogP contribution is 2.06. The SMILES string of the molecule is COC(=O)C(Cc1ccccc1)NS(=O)(=O)CCCCl. The molecule has 0 saturated heterocycles. The Morgan fingerprint density at radius 3 is 2.55 bits per heavy atom. The van der Waals surface area contributed by atoms with E-state index < -0.39 is 22.0 Å². The van der Waals surface area contributed by atoms with Crippen molar-refractivity contribution in [1.29, 1.82) is 0 Å². The monoisotopic (exact) mass is 319 g/mol. The lowest BCUT2D eigenvalue weighted by atomic mass is 10.1. The first-order chi connectivity index (χ1) is 9.48. The molecule has 112 valence electrons. The van der Waals surface area contributed by atoms with Crippen molar-refractivity contribution in [2.75, 3.05) is 18.7 Å². The number of sulfonamides is 1. The van der Waals surface area contributed by atoms with Crippen LogP contribution in [0.2, 0.25) is 0 Å². The summed E-state index contributed by atoms with van der Waals surface area (Å²) in [6.07, 6.45) is 0.573. The highest BCUT2D eigenvalue weighted by atomic mass is 35.5. The number of alkyl halides is 1. The van der Waals surface area contributed by atoms with Gasteiger partial charge in [0, 0.05) is 5.88 Å². The van der Waals surface area contributed by atoms with Gasteiger partial charge in [-0.3, -0.25) is 4.79 Å². The zero-order chi connectivity index (χ0) is 15.0. The number of carbonyl (C=O) groups excluding carboxylic acids is 1. The molecular formula is C13H18ClNO4S. The van der Waals surface area contributed by atoms with Crippen LogP contribution in [0, 0.1) is 0 Å². The van der Waals surface area contributed by atoms with Gasteiger partial charge in [-0.05, 0) is 18.4 Å². The minimum Gasteiger partial charge on any atom is -0.468 e. The van der Waals surface area contributed by atoms with Gasteiger partial charge in [-0.1, -0.05) is 30.3 Å². The van der Waals surface area contributed by atoms with Crippen molar-refractivity contribution in [3.63, 3.8) is 0 Å². The van der Waals surface area contributed by atoms with Crippen LogP contribution in [-0.4, -0.2) is 39.2 Å². The van der Waals surface area contributed by atoms with E-state index in [0.717, 1.165) is 5.56 Å². The van der Waals surface area contributed by atoms with Gasteiger partial charge in [0.05, 0.1) is 12.9 Å². The van der Waals surface area contributed by atoms with Gasteiger partial charge in [0.2, 0.25) is 10.0 Å². The maximum absolute atomic E-state index is 11.8. The predicted molar refractivity (Wildman–Crippen MR) is 78.2 cm³/mol. The van der Waals surface area contributed by atoms with E-state index in [1.807, 2.05) is 30.3 Å². The van der Waals surface area contributed by atoms with Crippen molar-refractivity contribution in [2.24, 2.45) is 0 Å². The second-order valence-corrected chi connectivity index (χ2v) is 6.50. The maximum Gasteiger partial charge on any atom is 0.324 e. The van der Waals surface area contributed by atoms with E-state index in [9.17, 15) is 13.2 Å². The lowest BCUT2D eigenvalue weighted by Crippen LogP contribution is -2.44. The van der Waals surface area contributed by atoms with Crippen LogP contribution in [-0.2, 0) is 26.0 Å². The molecule has 0 fully saturated rings. The Bertz CT molecular complexity index is 518. The van der Waals surface area contributed by atoms with Crippen molar-refractivity contribution < 1.29 is 17.9 Å². The van der Waals surface area contributed by atoms with E-state index >= 15 is 0 Å². The van der Waals surface area contributed by atoms with Gasteiger partial charge >= 0.3 is 5.97 Å². The zero-order valence-electron chi connectivity index (χ0n) is 11.2. The van der Waals surface area contributed by atoms with Gasteiger partial charge in [-0.15, -0.1) is 11.6 Å². The third-order valence-electron chi connectivity index (χ3n) is 2.64. The van der Waals surface area contributed by atoms with E-state index in [-0.39, 0.29) is 18.1 Å². The molecule has 0 spiro atoms. The number of carbonyl (C=O) groups is 1. The van der Waals surface area contributed by atoms with Crippen LogP contribution < -0.4 is 4.72 Å². The van der Waals surface area contributed by atoms with E-state index in [1.165, 1.54) is 7.11 Å². The summed E-state index contributed by atoms with van der Waals surface area (Å²) in [6.45, 7) is 0. The van der Waals surface area contributed by atoms with E-state index in [1.54, 1.807) is 0 Å². The Labute approximate surface area is 124 Å². The zero-order valence-corrected chi connectivity index (χ0v) is 12.8. The minimum atomic E-state index is -3.55. The van der Waals surface area contributed by atoms with E-state index in [4.69, 9.17) is 11.6 Å². The molecule has 0 aliphatic carbocycles. The summed E-state index contributed by atoms with van der Waals surface area (Å²) in [5.41, 5.74) is 0.850. The summed E-state index contributed by atoms with van der Waals surface area (Å²) < 4.78 is 30.7. The quantitative estimate of drug-likeness (QED) is 0.579. The average molecular weight is 320 g/mol. The van der Waals surface area contributed by atoms with Crippen LogP contribution in [0.3, 0.4) is 0 Å². The fraction of sp³-hybridized carbons (Fsp3) is 0.462. The first kappa shape index (κ1) is 16.9. The van der Waals surface area contributed by atoms with Crippen molar-refractivity contribution >= 4 is 27.6 Å². The number of nitrogens with one attached hydrogen (secondary N) is 1. The smallest absolute Gasteiger partial charge is 0.324 e. The molecule has 1 unspecified atom stereocenters. The fourth-order valence-electron chi connectivity index (χ4n) is 1.69. The molecule has 0 heterocycles. The number of methoxy groups -OCH3 is 1. The van der Waals surface area contributed by atoms with Crippen LogP contribution in [0.4, 0.5) is 0 Å². The molecule has 7 heteroatoms. The normalized spacial score (nSPS) is 12.9. The molecule has 1 N–H and O–H groups in total. The summed E-state index contributed by atoms with van der Waals surface area (Å²) in [7, 11) is -2.32. The number of rotatable bonds is 8. The molecule has 1 atom stereocenters. The largest absolute Gasteiger partial charge is 0.468 e. The third kappa shape index (κ3) is 5.90. The fourth-order valence-corrected chi connectivity index (χ4v) is 3.23. The summed E-state index contributed by atoms with van der Waals surface area (Å²) in [5, 5.41) is 0. The van der Waals surface area contributed by atoms with Gasteiger partial charge in [0.15, 0.2) is 0 Å². The van der Waals surface area contributed by atoms with E-state index in [0.29, 0.717) is 6.42 Å². The molecule has 0 bridgehead atoms. The second kappa shape index (κ2) is 8.24. The summed E-state index contributed by atoms with van der Waals surface area (Å²) in [4.78, 5) is 11.7. The van der Waals surface area contributed by atoms with Gasteiger partial charge in [0.1, 0.15) is 6.04 Å². The first-order valence-electron chi connectivity index (χ1n) is 6.16. The van der Waals surface area contributed by atoms with Crippen LogP contribution in [0.1, 0.15) is 12.0 Å². The predicted octanol–water partition coefficient (Wildman–Crippen LogP) is 1.32. The average Bonchev–Trinajstić information content (AvgIpc) is 2.44. The van der Waals surface area contributed by atoms with Crippen LogP contribution in [0.5, 0.6) is 0 Å². The molecular weight excluding hydrogens is 302 g/mol. The molecule has 0 aliphatic heterocycles. The molecule has 5 nitrogen and oxygen atoms in total. The Morgan fingerprint density at radius 1 is 1.35 bits per heavy atom. The van der Waals surface area contributed by atoms with Gasteiger partial charge in [-0.2, -0.15) is 0 Å². The molecule has 1 aromatic rings. The van der Waals surface area contributed by atoms with Crippen LogP contribution in [0.15, 0.2) is 30.3 Å². The lowest BCUT2D eigenvalue weighted by Gasteiger charge is -2.16. The van der Waals surface area contributed by atoms with Gasteiger partial charge < -0.3 is 4.74 Å². The van der Waals surface area contributed by atoms with Crippen molar-refractivity contribution in [3.05, 3.63) is 35.9 Å². The molecule has 0 aliphatic rings. The summed E-state index contributed by atoms with van der Waals surface area (Å²) >= 11 is 5.48. The molecule has 0 amide bonds. The van der Waals surface area contributed by atoms with Crippen molar-refractivity contribution in [3.8, 4) is 0 Å².